The lowest BCUT2D eigenvalue weighted by Gasteiger charge is -2.44. The van der Waals surface area contributed by atoms with Gasteiger partial charge in [-0.3, -0.25) is 4.79 Å². The quantitative estimate of drug-likeness (QED) is 0.739. The number of likely N-dealkylation sites (tertiary alicyclic amines) is 1. The molecule has 114 valence electrons. The largest absolute Gasteiger partial charge is 0.477 e. The molecule has 3 heterocycles. The molecule has 3 atom stereocenters. The Morgan fingerprint density at radius 2 is 2.10 bits per heavy atom. The summed E-state index contributed by atoms with van der Waals surface area (Å²) in [4.78, 5) is 27.1. The lowest BCUT2D eigenvalue weighted by molar-refractivity contribution is -0.161. The Kier molecular flexibility index (Phi) is 3.28. The number of β-lactam (4-membered cyclic amide) rings is 1. The molecule has 3 rings (SSSR count). The zero-order chi connectivity index (χ0) is 15.3. The summed E-state index contributed by atoms with van der Waals surface area (Å²) in [5.41, 5.74) is 1.71. The molecule has 21 heavy (non-hydrogen) atoms. The van der Waals surface area contributed by atoms with Crippen LogP contribution in [-0.2, 0) is 9.59 Å². The monoisotopic (exact) mass is 292 g/mol. The number of allylic oxidation sites excluding steroid dienone is 1. The van der Waals surface area contributed by atoms with Gasteiger partial charge in [0.1, 0.15) is 5.70 Å². The predicted molar refractivity (Wildman–Crippen MR) is 75.0 cm³/mol. The molecule has 2 N–H and O–H groups in total. The molecule has 2 fully saturated rings. The molecule has 6 heteroatoms. The van der Waals surface area contributed by atoms with E-state index >= 15 is 0 Å². The number of aliphatic hydroxyl groups is 1. The van der Waals surface area contributed by atoms with Gasteiger partial charge in [0.25, 0.3) is 0 Å². The summed E-state index contributed by atoms with van der Waals surface area (Å²) in [6, 6.07) is -0.210. The van der Waals surface area contributed by atoms with Crippen LogP contribution in [0.5, 0.6) is 0 Å². The number of aliphatic carboxylic acids is 1. The van der Waals surface area contributed by atoms with Gasteiger partial charge in [-0.2, -0.15) is 0 Å². The summed E-state index contributed by atoms with van der Waals surface area (Å²) in [6.07, 6.45) is 2.91. The van der Waals surface area contributed by atoms with Gasteiger partial charge in [-0.1, -0.05) is 0 Å². The van der Waals surface area contributed by atoms with Crippen LogP contribution in [-0.4, -0.2) is 57.1 Å². The molecule has 0 saturated carbocycles. The molecule has 0 aromatic rings. The van der Waals surface area contributed by atoms with Crippen molar-refractivity contribution < 1.29 is 19.8 Å². The third-order valence-corrected chi connectivity index (χ3v) is 4.67. The Labute approximate surface area is 123 Å². The lowest BCUT2D eigenvalue weighted by atomic mass is 9.82. The minimum Gasteiger partial charge on any atom is -0.477 e. The van der Waals surface area contributed by atoms with Crippen molar-refractivity contribution in [1.29, 1.82) is 0 Å². The van der Waals surface area contributed by atoms with E-state index in [1.807, 2.05) is 13.1 Å². The first-order valence-corrected chi connectivity index (χ1v) is 7.32. The van der Waals surface area contributed by atoms with Gasteiger partial charge in [-0.25, -0.2) is 4.79 Å². The van der Waals surface area contributed by atoms with Crippen LogP contribution in [0.15, 0.2) is 23.0 Å². The van der Waals surface area contributed by atoms with Crippen molar-refractivity contribution in [3.05, 3.63) is 23.0 Å². The Hall–Kier alpha value is -1.82. The highest BCUT2D eigenvalue weighted by atomic mass is 16.4. The topological polar surface area (TPSA) is 81.1 Å². The Morgan fingerprint density at radius 3 is 2.57 bits per heavy atom. The van der Waals surface area contributed by atoms with E-state index in [0.717, 1.165) is 30.7 Å². The number of rotatable bonds is 4. The maximum atomic E-state index is 12.1. The second-order valence-electron chi connectivity index (χ2n) is 6.08. The van der Waals surface area contributed by atoms with Gasteiger partial charge >= 0.3 is 5.97 Å². The molecule has 3 aliphatic heterocycles. The number of hydrogen-bond acceptors (Lipinski definition) is 4. The molecular weight excluding hydrogens is 272 g/mol. The van der Waals surface area contributed by atoms with Gasteiger partial charge in [0.15, 0.2) is 0 Å². The van der Waals surface area contributed by atoms with E-state index in [0.29, 0.717) is 6.42 Å². The molecule has 0 aliphatic carbocycles. The Bertz CT molecular complexity index is 560. The first kappa shape index (κ1) is 14.1. The van der Waals surface area contributed by atoms with Crippen LogP contribution in [0.4, 0.5) is 0 Å². The van der Waals surface area contributed by atoms with Gasteiger partial charge in [0.05, 0.1) is 18.1 Å². The number of hydrogen-bond donors (Lipinski definition) is 2. The van der Waals surface area contributed by atoms with E-state index < -0.39 is 18.0 Å². The second kappa shape index (κ2) is 4.87. The zero-order valence-corrected chi connectivity index (χ0v) is 12.2. The molecule has 1 amide bonds. The van der Waals surface area contributed by atoms with Crippen LogP contribution in [0.25, 0.3) is 0 Å². The second-order valence-corrected chi connectivity index (χ2v) is 6.08. The highest BCUT2D eigenvalue weighted by Crippen LogP contribution is 2.45. The summed E-state index contributed by atoms with van der Waals surface area (Å²) in [5, 5.41) is 19.1. The normalized spacial score (nSPS) is 30.0. The van der Waals surface area contributed by atoms with Gasteiger partial charge in [-0.05, 0) is 37.8 Å². The molecular formula is C15H20N2O4. The van der Waals surface area contributed by atoms with Gasteiger partial charge < -0.3 is 20.0 Å². The predicted octanol–water partition coefficient (Wildman–Crippen LogP) is 0.546. The van der Waals surface area contributed by atoms with E-state index in [1.54, 1.807) is 6.92 Å². The third kappa shape index (κ3) is 2.05. The number of carbonyl (C=O) groups is 2. The number of nitrogens with zero attached hydrogens (tertiary/aromatic N) is 2. The average Bonchev–Trinajstić information content (AvgIpc) is 2.68. The first-order valence-electron chi connectivity index (χ1n) is 7.32. The molecule has 0 bridgehead atoms. The third-order valence-electron chi connectivity index (χ3n) is 4.67. The van der Waals surface area contributed by atoms with Crippen LogP contribution >= 0.6 is 0 Å². The summed E-state index contributed by atoms with van der Waals surface area (Å²) in [6.45, 7) is 5.47. The van der Waals surface area contributed by atoms with Crippen molar-refractivity contribution in [3.63, 3.8) is 0 Å². The lowest BCUT2D eigenvalue weighted by Crippen LogP contribution is -2.61. The van der Waals surface area contributed by atoms with E-state index in [4.69, 9.17) is 0 Å². The van der Waals surface area contributed by atoms with Crippen LogP contribution in [0.1, 0.15) is 26.7 Å². The van der Waals surface area contributed by atoms with Crippen molar-refractivity contribution in [3.8, 4) is 0 Å². The first-order chi connectivity index (χ1) is 9.91. The van der Waals surface area contributed by atoms with Crippen LogP contribution in [0.2, 0.25) is 0 Å². The van der Waals surface area contributed by atoms with E-state index in [9.17, 15) is 19.8 Å². The molecule has 6 nitrogen and oxygen atoms in total. The number of amides is 1. The Morgan fingerprint density at radius 1 is 1.43 bits per heavy atom. The van der Waals surface area contributed by atoms with Crippen LogP contribution in [0.3, 0.4) is 0 Å². The molecule has 0 aromatic carbocycles. The fraction of sp³-hybridized carbons (Fsp3) is 0.600. The van der Waals surface area contributed by atoms with E-state index in [-0.39, 0.29) is 17.6 Å². The summed E-state index contributed by atoms with van der Waals surface area (Å²) >= 11 is 0. The SMILES string of the molecule is CC(=CN1CCC1)C1=C(C(=O)O)N2C(=O)[C@H]([C@@H](C)O)[C@H]2C1. The maximum absolute atomic E-state index is 12.1. The van der Waals surface area contributed by atoms with Crippen LogP contribution < -0.4 is 0 Å². The summed E-state index contributed by atoms with van der Waals surface area (Å²) in [7, 11) is 0. The number of fused-ring (bicyclic) bond motifs is 1. The molecule has 0 radical (unpaired) electrons. The van der Waals surface area contributed by atoms with Crippen molar-refractivity contribution in [2.45, 2.75) is 38.8 Å². The Balaban J connectivity index is 1.90. The highest BCUT2D eigenvalue weighted by molar-refractivity contribution is 6.00. The minimum atomic E-state index is -1.07. The standard InChI is InChI=1S/C15H20N2O4/c1-8(7-16-4-3-5-16)10-6-11-12(9(2)18)14(19)17(11)13(10)15(20)21/h7,9,11-12,18H,3-6H2,1-2H3,(H,20,21)/t9-,11-,12-/m1/s1. The molecule has 0 aromatic heterocycles. The van der Waals surface area contributed by atoms with Crippen molar-refractivity contribution in [2.24, 2.45) is 5.92 Å². The van der Waals surface area contributed by atoms with Gasteiger partial charge in [-0.15, -0.1) is 0 Å². The van der Waals surface area contributed by atoms with Crippen LogP contribution in [0, 0.1) is 5.92 Å². The van der Waals surface area contributed by atoms with E-state index in [1.165, 1.54) is 4.90 Å². The fourth-order valence-corrected chi connectivity index (χ4v) is 3.44. The molecule has 2 saturated heterocycles. The molecule has 0 unspecified atom stereocenters. The van der Waals surface area contributed by atoms with Gasteiger partial charge in [0.2, 0.25) is 5.91 Å². The smallest absolute Gasteiger partial charge is 0.352 e. The van der Waals surface area contributed by atoms with Crippen molar-refractivity contribution >= 4 is 11.9 Å². The van der Waals surface area contributed by atoms with E-state index in [2.05, 4.69) is 4.90 Å². The fourth-order valence-electron chi connectivity index (χ4n) is 3.44. The average molecular weight is 292 g/mol. The van der Waals surface area contributed by atoms with Gasteiger partial charge in [0, 0.05) is 19.3 Å². The van der Waals surface area contributed by atoms with Crippen molar-refractivity contribution in [2.75, 3.05) is 13.1 Å². The molecule has 0 spiro atoms. The highest BCUT2D eigenvalue weighted by Gasteiger charge is 2.56. The summed E-state index contributed by atoms with van der Waals surface area (Å²) < 4.78 is 0. The summed E-state index contributed by atoms with van der Waals surface area (Å²) in [5.74, 6) is -1.82. The number of carbonyl (C=O) groups excluding carboxylic acids is 1. The minimum absolute atomic E-state index is 0.0937. The number of aliphatic hydroxyl groups excluding tert-OH is 1. The molecule has 3 aliphatic rings. The number of carboxylic acids is 1. The van der Waals surface area contributed by atoms with Crippen molar-refractivity contribution in [1.82, 2.24) is 9.80 Å². The number of carboxylic acid groups (broad SMARTS) is 1. The maximum Gasteiger partial charge on any atom is 0.352 e. The zero-order valence-electron chi connectivity index (χ0n) is 12.2.